The van der Waals surface area contributed by atoms with E-state index in [2.05, 4.69) is 11.9 Å². The number of likely N-dealkylation sites (N-methyl/N-ethyl adjacent to an activating group) is 1. The molecule has 110 valence electrons. The van der Waals surface area contributed by atoms with E-state index < -0.39 is 0 Å². The molecule has 0 aromatic heterocycles. The fourth-order valence-corrected chi connectivity index (χ4v) is 2.54. The number of hydrogen-bond donors (Lipinski definition) is 0. The Morgan fingerprint density at radius 1 is 1.45 bits per heavy atom. The van der Waals surface area contributed by atoms with Crippen LogP contribution in [0.1, 0.15) is 31.2 Å². The van der Waals surface area contributed by atoms with Crippen molar-refractivity contribution in [3.63, 3.8) is 0 Å². The fourth-order valence-electron chi connectivity index (χ4n) is 2.54. The zero-order valence-electron chi connectivity index (χ0n) is 12.5. The highest BCUT2D eigenvalue weighted by Gasteiger charge is 2.22. The highest BCUT2D eigenvalue weighted by atomic mass is 16.5. The molecule has 0 radical (unpaired) electrons. The van der Waals surface area contributed by atoms with Gasteiger partial charge >= 0.3 is 0 Å². The highest BCUT2D eigenvalue weighted by molar-refractivity contribution is 5.52. The summed E-state index contributed by atoms with van der Waals surface area (Å²) in [7, 11) is 3.75. The van der Waals surface area contributed by atoms with Crippen LogP contribution in [0.4, 0.5) is 0 Å². The van der Waals surface area contributed by atoms with Gasteiger partial charge in [-0.3, -0.25) is 0 Å². The molecule has 1 aliphatic rings. The minimum absolute atomic E-state index is 0.202. The van der Waals surface area contributed by atoms with Crippen molar-refractivity contribution in [2.75, 3.05) is 27.2 Å². The van der Waals surface area contributed by atoms with Crippen LogP contribution < -0.4 is 9.47 Å². The Labute approximate surface area is 120 Å². The molecule has 0 bridgehead atoms. The number of hydrogen-bond acceptors (Lipinski definition) is 4. The molecule has 0 amide bonds. The molecule has 2 atom stereocenters. The van der Waals surface area contributed by atoms with Crippen molar-refractivity contribution in [1.29, 1.82) is 0 Å². The quantitative estimate of drug-likeness (QED) is 0.749. The smallest absolute Gasteiger partial charge is 0.161 e. The number of aldehydes is 1. The van der Waals surface area contributed by atoms with E-state index in [0.29, 0.717) is 6.42 Å². The lowest BCUT2D eigenvalue weighted by Gasteiger charge is -2.18. The molecule has 0 N–H and O–H groups in total. The molecule has 4 nitrogen and oxygen atoms in total. The van der Waals surface area contributed by atoms with Crippen LogP contribution in [0.5, 0.6) is 11.5 Å². The van der Waals surface area contributed by atoms with Crippen LogP contribution in [0.2, 0.25) is 0 Å². The molecule has 2 unspecified atom stereocenters. The summed E-state index contributed by atoms with van der Waals surface area (Å²) in [5.41, 5.74) is 1.10. The van der Waals surface area contributed by atoms with Gasteiger partial charge in [-0.05, 0) is 37.1 Å². The lowest BCUT2D eigenvalue weighted by molar-refractivity contribution is -0.108. The summed E-state index contributed by atoms with van der Waals surface area (Å²) in [6.45, 7) is 4.06. The summed E-state index contributed by atoms with van der Waals surface area (Å²) in [5.74, 6) is 1.73. The highest BCUT2D eigenvalue weighted by Crippen LogP contribution is 2.33. The van der Waals surface area contributed by atoms with Crippen molar-refractivity contribution in [3.05, 3.63) is 23.8 Å². The first kappa shape index (κ1) is 14.9. The van der Waals surface area contributed by atoms with Crippen molar-refractivity contribution in [2.24, 2.45) is 0 Å². The molecule has 1 aromatic carbocycles. The van der Waals surface area contributed by atoms with E-state index >= 15 is 0 Å². The summed E-state index contributed by atoms with van der Waals surface area (Å²) < 4.78 is 11.5. The van der Waals surface area contributed by atoms with Gasteiger partial charge in [-0.2, -0.15) is 0 Å². The fraction of sp³-hybridized carbons (Fsp3) is 0.562. The first-order chi connectivity index (χ1) is 9.63. The maximum absolute atomic E-state index is 10.6. The third-order valence-corrected chi connectivity index (χ3v) is 3.85. The SMILES string of the molecule is COc1cc(C(C)CC=O)ccc1OC1CCN(C)C1. The molecule has 1 saturated heterocycles. The number of ether oxygens (including phenoxy) is 2. The molecule has 0 saturated carbocycles. The Hall–Kier alpha value is -1.55. The van der Waals surface area contributed by atoms with Gasteiger partial charge in [0, 0.05) is 19.5 Å². The normalized spacial score (nSPS) is 20.6. The van der Waals surface area contributed by atoms with Crippen LogP contribution in [0.25, 0.3) is 0 Å². The van der Waals surface area contributed by atoms with Crippen molar-refractivity contribution in [3.8, 4) is 11.5 Å². The van der Waals surface area contributed by atoms with Gasteiger partial charge in [0.25, 0.3) is 0 Å². The van der Waals surface area contributed by atoms with Gasteiger partial charge in [-0.1, -0.05) is 13.0 Å². The minimum Gasteiger partial charge on any atom is -0.493 e. The summed E-state index contributed by atoms with van der Waals surface area (Å²) in [6.07, 6.45) is 2.75. The van der Waals surface area contributed by atoms with Crippen molar-refractivity contribution in [2.45, 2.75) is 31.8 Å². The standard InChI is InChI=1S/C16H23NO3/c1-12(7-9-18)13-4-5-15(16(10-13)19-3)20-14-6-8-17(2)11-14/h4-5,9-10,12,14H,6-8,11H2,1-3H3. The van der Waals surface area contributed by atoms with E-state index in [-0.39, 0.29) is 12.0 Å². The van der Waals surface area contributed by atoms with Crippen molar-refractivity contribution < 1.29 is 14.3 Å². The van der Waals surface area contributed by atoms with Gasteiger partial charge in [0.15, 0.2) is 11.5 Å². The van der Waals surface area contributed by atoms with Crippen LogP contribution in [-0.4, -0.2) is 44.5 Å². The first-order valence-electron chi connectivity index (χ1n) is 7.10. The van der Waals surface area contributed by atoms with Crippen LogP contribution in [0.3, 0.4) is 0 Å². The Morgan fingerprint density at radius 3 is 2.85 bits per heavy atom. The molecule has 1 heterocycles. The summed E-state index contributed by atoms with van der Waals surface area (Å²) >= 11 is 0. The third-order valence-electron chi connectivity index (χ3n) is 3.85. The van der Waals surface area contributed by atoms with Gasteiger partial charge in [0.05, 0.1) is 7.11 Å². The summed E-state index contributed by atoms with van der Waals surface area (Å²) in [6, 6.07) is 5.95. The Balaban J connectivity index is 2.11. The molecular formula is C16H23NO3. The van der Waals surface area contributed by atoms with Gasteiger partial charge < -0.3 is 19.2 Å². The van der Waals surface area contributed by atoms with Crippen molar-refractivity contribution in [1.82, 2.24) is 4.90 Å². The van der Waals surface area contributed by atoms with E-state index in [0.717, 1.165) is 42.9 Å². The van der Waals surface area contributed by atoms with Gasteiger partial charge in [0.2, 0.25) is 0 Å². The molecule has 4 heteroatoms. The predicted octanol–water partition coefficient (Wildman–Crippen LogP) is 2.47. The molecule has 1 aromatic rings. The van der Waals surface area contributed by atoms with E-state index in [1.807, 2.05) is 25.1 Å². The number of rotatable bonds is 6. The lowest BCUT2D eigenvalue weighted by Crippen LogP contribution is -2.21. The second-order valence-electron chi connectivity index (χ2n) is 5.50. The summed E-state index contributed by atoms with van der Waals surface area (Å²) in [5, 5.41) is 0. The molecule has 2 rings (SSSR count). The maximum Gasteiger partial charge on any atom is 0.161 e. The maximum atomic E-state index is 10.6. The largest absolute Gasteiger partial charge is 0.493 e. The lowest BCUT2D eigenvalue weighted by atomic mass is 9.98. The van der Waals surface area contributed by atoms with E-state index in [1.165, 1.54) is 0 Å². The molecule has 0 spiro atoms. The molecule has 1 fully saturated rings. The van der Waals surface area contributed by atoms with Crippen LogP contribution in [0, 0.1) is 0 Å². The average molecular weight is 277 g/mol. The molecular weight excluding hydrogens is 254 g/mol. The van der Waals surface area contributed by atoms with Crippen LogP contribution >= 0.6 is 0 Å². The van der Waals surface area contributed by atoms with Gasteiger partial charge in [-0.15, -0.1) is 0 Å². The number of nitrogens with zero attached hydrogens (tertiary/aromatic N) is 1. The Morgan fingerprint density at radius 2 is 2.25 bits per heavy atom. The van der Waals surface area contributed by atoms with E-state index in [1.54, 1.807) is 7.11 Å². The number of carbonyl (C=O) groups is 1. The number of carbonyl (C=O) groups excluding carboxylic acids is 1. The second kappa shape index (κ2) is 6.75. The first-order valence-corrected chi connectivity index (χ1v) is 7.10. The minimum atomic E-state index is 0.202. The van der Waals surface area contributed by atoms with Crippen molar-refractivity contribution >= 4 is 6.29 Å². The van der Waals surface area contributed by atoms with E-state index in [4.69, 9.17) is 9.47 Å². The monoisotopic (exact) mass is 277 g/mol. The molecule has 20 heavy (non-hydrogen) atoms. The average Bonchev–Trinajstić information content (AvgIpc) is 2.85. The predicted molar refractivity (Wildman–Crippen MR) is 78.6 cm³/mol. The molecule has 1 aliphatic heterocycles. The zero-order chi connectivity index (χ0) is 14.5. The Bertz CT molecular complexity index is 461. The molecule has 0 aliphatic carbocycles. The van der Waals surface area contributed by atoms with Crippen LogP contribution in [-0.2, 0) is 4.79 Å². The second-order valence-corrected chi connectivity index (χ2v) is 5.50. The third kappa shape index (κ3) is 3.51. The number of likely N-dealkylation sites (tertiary alicyclic amines) is 1. The van der Waals surface area contributed by atoms with Gasteiger partial charge in [-0.25, -0.2) is 0 Å². The van der Waals surface area contributed by atoms with Gasteiger partial charge in [0.1, 0.15) is 12.4 Å². The van der Waals surface area contributed by atoms with Crippen LogP contribution in [0.15, 0.2) is 18.2 Å². The zero-order valence-corrected chi connectivity index (χ0v) is 12.5. The van der Waals surface area contributed by atoms with E-state index in [9.17, 15) is 4.79 Å². The number of methoxy groups -OCH3 is 1. The topological polar surface area (TPSA) is 38.8 Å². The summed E-state index contributed by atoms with van der Waals surface area (Å²) in [4.78, 5) is 12.9. The Kier molecular flexibility index (Phi) is 5.01. The number of benzene rings is 1.